The number of benzene rings is 1. The molecule has 2 aromatic heterocycles. The molecule has 2 aliphatic heterocycles. The van der Waals surface area contributed by atoms with E-state index in [1.165, 1.54) is 10.6 Å². The fourth-order valence-electron chi connectivity index (χ4n) is 4.33. The standard InChI is InChI=1S/C21H21FN4O3/c1-26-7-6-11-8-14(17(27)10-13(11)21(26)28)15-4-5-19(25-24-15)29-18-9-12-2-3-16(23-12)20(18)22/h4-8,10,12,16,18,20,23,27H,2-3,9H2,1H3/t12-,16+,18-,20+/m0/s1. The maximum absolute atomic E-state index is 14.5. The Kier molecular flexibility index (Phi) is 4.24. The van der Waals surface area contributed by atoms with Gasteiger partial charge in [0, 0.05) is 43.4 Å². The minimum atomic E-state index is -1.07. The Morgan fingerprint density at radius 3 is 2.90 bits per heavy atom. The highest BCUT2D eigenvalue weighted by molar-refractivity contribution is 5.89. The summed E-state index contributed by atoms with van der Waals surface area (Å²) in [6.07, 6.45) is 2.50. The molecule has 2 fully saturated rings. The van der Waals surface area contributed by atoms with E-state index in [1.807, 2.05) is 0 Å². The van der Waals surface area contributed by atoms with Gasteiger partial charge in [-0.2, -0.15) is 0 Å². The largest absolute Gasteiger partial charge is 0.507 e. The number of phenols is 1. The van der Waals surface area contributed by atoms with Gasteiger partial charge >= 0.3 is 0 Å². The first-order chi connectivity index (χ1) is 14.0. The summed E-state index contributed by atoms with van der Waals surface area (Å²) >= 11 is 0. The van der Waals surface area contributed by atoms with E-state index >= 15 is 0 Å². The number of hydrogen-bond acceptors (Lipinski definition) is 6. The SMILES string of the molecule is Cn1ccc2cc(-c3ccc(O[C@H]4C[C@@H]5CC[C@@H](N5)[C@H]4F)nn3)c(O)cc2c1=O. The van der Waals surface area contributed by atoms with E-state index in [0.717, 1.165) is 12.8 Å². The highest BCUT2D eigenvalue weighted by Gasteiger charge is 2.43. The molecule has 29 heavy (non-hydrogen) atoms. The number of halogens is 1. The zero-order chi connectivity index (χ0) is 20.1. The van der Waals surface area contributed by atoms with Crippen LogP contribution in [0.25, 0.3) is 22.0 Å². The molecule has 7 nitrogen and oxygen atoms in total. The third-order valence-electron chi connectivity index (χ3n) is 5.92. The van der Waals surface area contributed by atoms with Gasteiger partial charge in [-0.05, 0) is 42.5 Å². The van der Waals surface area contributed by atoms with E-state index in [0.29, 0.717) is 34.5 Å². The Balaban J connectivity index is 1.41. The minimum Gasteiger partial charge on any atom is -0.507 e. The molecule has 150 valence electrons. The molecule has 0 amide bonds. The van der Waals surface area contributed by atoms with Crippen LogP contribution in [0.2, 0.25) is 0 Å². The number of aryl methyl sites for hydroxylation is 1. The van der Waals surface area contributed by atoms with Crippen LogP contribution in [0.15, 0.2) is 41.3 Å². The molecule has 0 aliphatic carbocycles. The van der Waals surface area contributed by atoms with Gasteiger partial charge in [-0.1, -0.05) is 0 Å². The predicted molar refractivity (Wildman–Crippen MR) is 106 cm³/mol. The topological polar surface area (TPSA) is 89.3 Å². The second kappa shape index (κ2) is 6.81. The van der Waals surface area contributed by atoms with Crippen molar-refractivity contribution < 1.29 is 14.2 Å². The zero-order valence-corrected chi connectivity index (χ0v) is 15.9. The maximum atomic E-state index is 14.5. The van der Waals surface area contributed by atoms with Crippen LogP contribution < -0.4 is 15.6 Å². The van der Waals surface area contributed by atoms with Crippen molar-refractivity contribution in [3.05, 3.63) is 46.9 Å². The molecule has 4 atom stereocenters. The van der Waals surface area contributed by atoms with Crippen molar-refractivity contribution in [2.24, 2.45) is 7.05 Å². The summed E-state index contributed by atoms with van der Waals surface area (Å²) in [5.41, 5.74) is 0.726. The third-order valence-corrected chi connectivity index (χ3v) is 5.92. The first-order valence-electron chi connectivity index (χ1n) is 9.73. The summed E-state index contributed by atoms with van der Waals surface area (Å²) in [5, 5.41) is 23.0. The van der Waals surface area contributed by atoms with E-state index < -0.39 is 12.3 Å². The molecule has 5 rings (SSSR count). The molecule has 2 saturated heterocycles. The Labute approximate surface area is 166 Å². The summed E-state index contributed by atoms with van der Waals surface area (Å²) in [4.78, 5) is 12.2. The lowest BCUT2D eigenvalue weighted by atomic mass is 10.0. The molecule has 0 spiro atoms. The lowest BCUT2D eigenvalue weighted by Gasteiger charge is -2.32. The Bertz CT molecular complexity index is 1130. The van der Waals surface area contributed by atoms with Gasteiger partial charge in [0.1, 0.15) is 11.9 Å². The van der Waals surface area contributed by atoms with Crippen molar-refractivity contribution in [2.45, 2.75) is 43.6 Å². The maximum Gasteiger partial charge on any atom is 0.258 e. The van der Waals surface area contributed by atoms with Crippen molar-refractivity contribution >= 4 is 10.8 Å². The molecule has 3 aromatic rings. The van der Waals surface area contributed by atoms with Gasteiger partial charge in [-0.15, -0.1) is 10.2 Å². The van der Waals surface area contributed by atoms with Crippen LogP contribution in [0, 0.1) is 0 Å². The van der Waals surface area contributed by atoms with E-state index in [9.17, 15) is 14.3 Å². The van der Waals surface area contributed by atoms with Gasteiger partial charge < -0.3 is 19.7 Å². The van der Waals surface area contributed by atoms with Crippen molar-refractivity contribution in [1.82, 2.24) is 20.1 Å². The van der Waals surface area contributed by atoms with Crippen LogP contribution in [0.1, 0.15) is 19.3 Å². The lowest BCUT2D eigenvalue weighted by molar-refractivity contribution is 0.0422. The number of piperidine rings is 1. The summed E-state index contributed by atoms with van der Waals surface area (Å²) in [7, 11) is 1.66. The second-order valence-corrected chi connectivity index (χ2v) is 7.83. The highest BCUT2D eigenvalue weighted by atomic mass is 19.1. The molecule has 0 unspecified atom stereocenters. The number of pyridine rings is 1. The van der Waals surface area contributed by atoms with Gasteiger partial charge in [0.05, 0.1) is 11.1 Å². The molecule has 0 radical (unpaired) electrons. The van der Waals surface area contributed by atoms with Gasteiger partial charge in [0.15, 0.2) is 6.17 Å². The van der Waals surface area contributed by atoms with Crippen molar-refractivity contribution in [3.63, 3.8) is 0 Å². The molecular formula is C21H21FN4O3. The number of phenolic OH excluding ortho intramolecular Hbond substituents is 1. The zero-order valence-electron chi connectivity index (χ0n) is 15.9. The minimum absolute atomic E-state index is 0.0532. The Morgan fingerprint density at radius 2 is 2.10 bits per heavy atom. The smallest absolute Gasteiger partial charge is 0.258 e. The summed E-state index contributed by atoms with van der Waals surface area (Å²) in [6, 6.07) is 8.41. The van der Waals surface area contributed by atoms with Gasteiger partial charge in [-0.3, -0.25) is 4.79 Å². The molecule has 0 saturated carbocycles. The average molecular weight is 396 g/mol. The average Bonchev–Trinajstić information content (AvgIpc) is 3.13. The number of nitrogens with one attached hydrogen (secondary N) is 1. The molecule has 2 bridgehead atoms. The number of hydrogen-bond donors (Lipinski definition) is 2. The number of alkyl halides is 1. The van der Waals surface area contributed by atoms with Crippen LogP contribution >= 0.6 is 0 Å². The monoisotopic (exact) mass is 396 g/mol. The van der Waals surface area contributed by atoms with E-state index in [1.54, 1.807) is 37.5 Å². The number of nitrogens with zero attached hydrogens (tertiary/aromatic N) is 3. The number of aromatic hydroxyl groups is 1. The molecule has 1 aromatic carbocycles. The predicted octanol–water partition coefficient (Wildman–Crippen LogP) is 2.31. The quantitative estimate of drug-likeness (QED) is 0.706. The van der Waals surface area contributed by atoms with E-state index in [2.05, 4.69) is 15.5 Å². The van der Waals surface area contributed by atoms with Gasteiger partial charge in [-0.25, -0.2) is 4.39 Å². The van der Waals surface area contributed by atoms with Gasteiger partial charge in [0.25, 0.3) is 5.56 Å². The fraction of sp³-hybridized carbons (Fsp3) is 0.381. The first kappa shape index (κ1) is 18.1. The normalized spacial score (nSPS) is 26.0. The fourth-order valence-corrected chi connectivity index (χ4v) is 4.33. The second-order valence-electron chi connectivity index (χ2n) is 7.83. The molecule has 4 heterocycles. The van der Waals surface area contributed by atoms with E-state index in [-0.39, 0.29) is 23.2 Å². The number of fused-ring (bicyclic) bond motifs is 3. The lowest BCUT2D eigenvalue weighted by Crippen LogP contribution is -2.51. The first-order valence-corrected chi connectivity index (χ1v) is 9.73. The van der Waals surface area contributed by atoms with Crippen molar-refractivity contribution in [3.8, 4) is 22.9 Å². The van der Waals surface area contributed by atoms with Crippen LogP contribution in [0.3, 0.4) is 0 Å². The number of rotatable bonds is 3. The molecule has 2 N–H and O–H groups in total. The van der Waals surface area contributed by atoms with Crippen LogP contribution in [0.5, 0.6) is 11.6 Å². The Hall–Kier alpha value is -3.00. The van der Waals surface area contributed by atoms with Crippen LogP contribution in [0.4, 0.5) is 4.39 Å². The van der Waals surface area contributed by atoms with Gasteiger partial charge in [0.2, 0.25) is 5.88 Å². The summed E-state index contributed by atoms with van der Waals surface area (Å²) in [6.45, 7) is 0. The van der Waals surface area contributed by atoms with Crippen molar-refractivity contribution in [1.29, 1.82) is 0 Å². The highest BCUT2D eigenvalue weighted by Crippen LogP contribution is 2.33. The molecule has 8 heteroatoms. The van der Waals surface area contributed by atoms with E-state index in [4.69, 9.17) is 4.74 Å². The third kappa shape index (κ3) is 3.13. The van der Waals surface area contributed by atoms with Crippen molar-refractivity contribution in [2.75, 3.05) is 0 Å². The molecule has 2 aliphatic rings. The van der Waals surface area contributed by atoms with Crippen LogP contribution in [-0.4, -0.2) is 44.2 Å². The number of ether oxygens (including phenoxy) is 1. The summed E-state index contributed by atoms with van der Waals surface area (Å²) < 4.78 is 21.8. The summed E-state index contributed by atoms with van der Waals surface area (Å²) in [5.74, 6) is 0.208. The number of aromatic nitrogens is 3. The molecular weight excluding hydrogens is 375 g/mol. The Morgan fingerprint density at radius 1 is 1.24 bits per heavy atom. The van der Waals surface area contributed by atoms with Crippen LogP contribution in [-0.2, 0) is 7.05 Å².